The molecule has 1 fully saturated rings. The number of carbonyl (C=O) groups is 2. The fraction of sp³-hybridized carbons (Fsp3) is 0.353. The molecular weight excluding hydrogens is 292 g/mol. The highest BCUT2D eigenvalue weighted by Crippen LogP contribution is 2.22. The van der Waals surface area contributed by atoms with Crippen LogP contribution in [-0.2, 0) is 16.6 Å². The number of rotatable bonds is 4. The van der Waals surface area contributed by atoms with Crippen LogP contribution < -0.4 is 10.6 Å². The molecule has 0 bridgehead atoms. The fourth-order valence-electron chi connectivity index (χ4n) is 2.86. The third kappa shape index (κ3) is 3.26. The van der Waals surface area contributed by atoms with Gasteiger partial charge in [0.1, 0.15) is 17.9 Å². The summed E-state index contributed by atoms with van der Waals surface area (Å²) in [6.45, 7) is 2.01. The number of nitrogens with one attached hydrogen (secondary N) is 2. The SMILES string of the molecule is Cc1cccc(C(NC(=O)C2CCC(=O)N2)c2nccn2C)c1. The summed E-state index contributed by atoms with van der Waals surface area (Å²) in [6.07, 6.45) is 4.49. The topological polar surface area (TPSA) is 76.0 Å². The molecule has 0 aliphatic carbocycles. The van der Waals surface area contributed by atoms with E-state index < -0.39 is 6.04 Å². The van der Waals surface area contributed by atoms with Gasteiger partial charge in [-0.1, -0.05) is 29.8 Å². The van der Waals surface area contributed by atoms with E-state index in [1.54, 1.807) is 6.20 Å². The van der Waals surface area contributed by atoms with Crippen molar-refractivity contribution in [3.63, 3.8) is 0 Å². The molecule has 1 aromatic carbocycles. The highest BCUT2D eigenvalue weighted by molar-refractivity contribution is 5.91. The molecule has 1 saturated heterocycles. The first-order valence-corrected chi connectivity index (χ1v) is 7.68. The highest BCUT2D eigenvalue weighted by atomic mass is 16.2. The van der Waals surface area contributed by atoms with Crippen molar-refractivity contribution in [3.8, 4) is 0 Å². The van der Waals surface area contributed by atoms with Crippen LogP contribution in [0.2, 0.25) is 0 Å². The Labute approximate surface area is 134 Å². The van der Waals surface area contributed by atoms with Crippen LogP contribution in [0.5, 0.6) is 0 Å². The molecule has 6 heteroatoms. The number of hydrogen-bond donors (Lipinski definition) is 2. The number of carbonyl (C=O) groups excluding carboxylic acids is 2. The average Bonchev–Trinajstić information content (AvgIpc) is 3.13. The van der Waals surface area contributed by atoms with Gasteiger partial charge >= 0.3 is 0 Å². The third-order valence-electron chi connectivity index (χ3n) is 4.09. The summed E-state index contributed by atoms with van der Waals surface area (Å²) in [5, 5.41) is 5.73. The molecule has 2 aromatic rings. The maximum atomic E-state index is 12.5. The molecule has 2 amide bonds. The number of amides is 2. The second kappa shape index (κ2) is 6.24. The summed E-state index contributed by atoms with van der Waals surface area (Å²) in [5.74, 6) is 0.507. The van der Waals surface area contributed by atoms with Crippen LogP contribution in [0.15, 0.2) is 36.7 Å². The molecule has 3 rings (SSSR count). The zero-order chi connectivity index (χ0) is 16.4. The third-order valence-corrected chi connectivity index (χ3v) is 4.09. The second-order valence-electron chi connectivity index (χ2n) is 5.91. The molecule has 120 valence electrons. The van der Waals surface area contributed by atoms with Gasteiger partial charge in [-0.25, -0.2) is 4.98 Å². The summed E-state index contributed by atoms with van der Waals surface area (Å²) in [4.78, 5) is 28.2. The summed E-state index contributed by atoms with van der Waals surface area (Å²) in [5.41, 5.74) is 2.09. The van der Waals surface area contributed by atoms with Crippen molar-refractivity contribution in [2.45, 2.75) is 31.8 Å². The predicted molar refractivity (Wildman–Crippen MR) is 85.5 cm³/mol. The lowest BCUT2D eigenvalue weighted by Crippen LogP contribution is -2.43. The van der Waals surface area contributed by atoms with E-state index in [0.29, 0.717) is 12.8 Å². The maximum absolute atomic E-state index is 12.5. The normalized spacial score (nSPS) is 18.5. The maximum Gasteiger partial charge on any atom is 0.243 e. The van der Waals surface area contributed by atoms with E-state index in [-0.39, 0.29) is 17.9 Å². The lowest BCUT2D eigenvalue weighted by molar-refractivity contribution is -0.126. The zero-order valence-corrected chi connectivity index (χ0v) is 13.2. The number of benzene rings is 1. The van der Waals surface area contributed by atoms with Crippen LogP contribution in [0, 0.1) is 6.92 Å². The smallest absolute Gasteiger partial charge is 0.243 e. The van der Waals surface area contributed by atoms with Crippen LogP contribution in [0.1, 0.15) is 35.8 Å². The largest absolute Gasteiger partial charge is 0.344 e. The van der Waals surface area contributed by atoms with Crippen LogP contribution in [0.4, 0.5) is 0 Å². The minimum atomic E-state index is -0.463. The molecule has 0 saturated carbocycles. The van der Waals surface area contributed by atoms with E-state index in [4.69, 9.17) is 0 Å². The van der Waals surface area contributed by atoms with Crippen LogP contribution in [0.3, 0.4) is 0 Å². The number of aromatic nitrogens is 2. The van der Waals surface area contributed by atoms with E-state index in [1.807, 2.05) is 49.0 Å². The van der Waals surface area contributed by atoms with E-state index >= 15 is 0 Å². The van der Waals surface area contributed by atoms with Crippen LogP contribution >= 0.6 is 0 Å². The molecule has 1 aliphatic rings. The minimum absolute atomic E-state index is 0.0748. The van der Waals surface area contributed by atoms with Gasteiger partial charge in [0.15, 0.2) is 0 Å². The number of imidazole rings is 1. The minimum Gasteiger partial charge on any atom is -0.344 e. The molecule has 2 unspecified atom stereocenters. The van der Waals surface area contributed by atoms with Gasteiger partial charge in [-0.05, 0) is 18.9 Å². The Morgan fingerprint density at radius 1 is 1.48 bits per heavy atom. The Bertz CT molecular complexity index is 738. The molecule has 0 radical (unpaired) electrons. The van der Waals surface area contributed by atoms with E-state index in [1.165, 1.54) is 0 Å². The van der Waals surface area contributed by atoms with Gasteiger partial charge in [0.2, 0.25) is 11.8 Å². The fourth-order valence-corrected chi connectivity index (χ4v) is 2.86. The Morgan fingerprint density at radius 3 is 2.91 bits per heavy atom. The first-order valence-electron chi connectivity index (χ1n) is 7.68. The van der Waals surface area contributed by atoms with Crippen molar-refractivity contribution in [2.24, 2.45) is 7.05 Å². The van der Waals surface area contributed by atoms with Gasteiger partial charge < -0.3 is 15.2 Å². The predicted octanol–water partition coefficient (Wildman–Crippen LogP) is 1.21. The Balaban J connectivity index is 1.88. The van der Waals surface area contributed by atoms with E-state index in [0.717, 1.165) is 17.0 Å². The quantitative estimate of drug-likeness (QED) is 0.891. The van der Waals surface area contributed by atoms with Crippen molar-refractivity contribution < 1.29 is 9.59 Å². The molecule has 2 heterocycles. The summed E-state index contributed by atoms with van der Waals surface area (Å²) < 4.78 is 1.89. The molecular formula is C17H20N4O2. The standard InChI is InChI=1S/C17H20N4O2/c1-11-4-3-5-12(10-11)15(16-18-8-9-21(16)2)20-17(23)13-6-7-14(22)19-13/h3-5,8-10,13,15H,6-7H2,1-2H3,(H,19,22)(H,20,23). The first kappa shape index (κ1) is 15.3. The highest BCUT2D eigenvalue weighted by Gasteiger charge is 2.30. The molecule has 6 nitrogen and oxygen atoms in total. The lowest BCUT2D eigenvalue weighted by atomic mass is 10.0. The molecule has 1 aromatic heterocycles. The lowest BCUT2D eigenvalue weighted by Gasteiger charge is -2.21. The zero-order valence-electron chi connectivity index (χ0n) is 13.2. The van der Waals surface area contributed by atoms with Gasteiger partial charge in [-0.2, -0.15) is 0 Å². The number of nitrogens with zero attached hydrogens (tertiary/aromatic N) is 2. The average molecular weight is 312 g/mol. The van der Waals surface area contributed by atoms with Crippen LogP contribution in [-0.4, -0.2) is 27.4 Å². The number of hydrogen-bond acceptors (Lipinski definition) is 3. The molecule has 2 N–H and O–H groups in total. The number of aryl methyl sites for hydroxylation is 2. The van der Waals surface area contributed by atoms with Gasteiger partial charge in [0, 0.05) is 25.9 Å². The van der Waals surface area contributed by atoms with Crippen molar-refractivity contribution >= 4 is 11.8 Å². The van der Waals surface area contributed by atoms with Gasteiger partial charge in [-0.15, -0.1) is 0 Å². The molecule has 0 spiro atoms. The Morgan fingerprint density at radius 2 is 2.30 bits per heavy atom. The Kier molecular flexibility index (Phi) is 4.14. The Hall–Kier alpha value is -2.63. The van der Waals surface area contributed by atoms with Gasteiger partial charge in [0.25, 0.3) is 0 Å². The van der Waals surface area contributed by atoms with Crippen molar-refractivity contribution in [1.29, 1.82) is 0 Å². The monoisotopic (exact) mass is 312 g/mol. The summed E-state index contributed by atoms with van der Waals surface area (Å²) >= 11 is 0. The van der Waals surface area contributed by atoms with Gasteiger partial charge in [0.05, 0.1) is 0 Å². The summed E-state index contributed by atoms with van der Waals surface area (Å²) in [6, 6.07) is 7.17. The van der Waals surface area contributed by atoms with E-state index in [2.05, 4.69) is 15.6 Å². The first-order chi connectivity index (χ1) is 11.0. The van der Waals surface area contributed by atoms with E-state index in [9.17, 15) is 9.59 Å². The van der Waals surface area contributed by atoms with Crippen molar-refractivity contribution in [1.82, 2.24) is 20.2 Å². The van der Waals surface area contributed by atoms with Crippen molar-refractivity contribution in [3.05, 3.63) is 53.6 Å². The van der Waals surface area contributed by atoms with Crippen LogP contribution in [0.25, 0.3) is 0 Å². The molecule has 1 aliphatic heterocycles. The second-order valence-corrected chi connectivity index (χ2v) is 5.91. The molecule has 2 atom stereocenters. The van der Waals surface area contributed by atoms with Crippen molar-refractivity contribution in [2.75, 3.05) is 0 Å². The molecule has 23 heavy (non-hydrogen) atoms. The van der Waals surface area contributed by atoms with Gasteiger partial charge in [-0.3, -0.25) is 9.59 Å². The summed E-state index contributed by atoms with van der Waals surface area (Å²) in [7, 11) is 1.90.